The van der Waals surface area contributed by atoms with Crippen molar-refractivity contribution in [3.8, 4) is 0 Å². The van der Waals surface area contributed by atoms with Crippen LogP contribution < -0.4 is 5.32 Å². The van der Waals surface area contributed by atoms with Crippen molar-refractivity contribution in [1.82, 2.24) is 15.3 Å². The smallest absolute Gasteiger partial charge is 0.253 e. The summed E-state index contributed by atoms with van der Waals surface area (Å²) in [5.74, 6) is 0.802. The summed E-state index contributed by atoms with van der Waals surface area (Å²) in [6.45, 7) is 2.03. The highest BCUT2D eigenvalue weighted by molar-refractivity contribution is 6.04. The zero-order valence-corrected chi connectivity index (χ0v) is 8.79. The molecule has 0 saturated heterocycles. The fourth-order valence-electron chi connectivity index (χ4n) is 1.57. The third kappa shape index (κ3) is 1.58. The van der Waals surface area contributed by atoms with Crippen LogP contribution in [0.25, 0.3) is 11.0 Å². The third-order valence-corrected chi connectivity index (χ3v) is 2.37. The number of aryl methyl sites for hydroxylation is 1. The second-order valence-corrected chi connectivity index (χ2v) is 3.32. The molecule has 78 valence electrons. The molecule has 0 fully saturated rings. The SMILES string of the molecule is CCc1nc2c(C(=O)NC)cccc2[nH]1. The lowest BCUT2D eigenvalue weighted by Gasteiger charge is -1.99. The van der Waals surface area contributed by atoms with Gasteiger partial charge in [-0.15, -0.1) is 0 Å². The molecule has 2 N–H and O–H groups in total. The summed E-state index contributed by atoms with van der Waals surface area (Å²) >= 11 is 0. The van der Waals surface area contributed by atoms with E-state index in [1.807, 2.05) is 19.1 Å². The van der Waals surface area contributed by atoms with Gasteiger partial charge in [0.25, 0.3) is 5.91 Å². The van der Waals surface area contributed by atoms with Crippen molar-refractivity contribution in [2.75, 3.05) is 7.05 Å². The van der Waals surface area contributed by atoms with E-state index in [1.54, 1.807) is 13.1 Å². The van der Waals surface area contributed by atoms with Gasteiger partial charge in [-0.3, -0.25) is 4.79 Å². The summed E-state index contributed by atoms with van der Waals surface area (Å²) in [5, 5.41) is 2.61. The van der Waals surface area contributed by atoms with Gasteiger partial charge in [0.05, 0.1) is 11.1 Å². The molecule has 1 heterocycles. The Labute approximate surface area is 87.7 Å². The number of nitrogens with one attached hydrogen (secondary N) is 2. The van der Waals surface area contributed by atoms with Crippen LogP contribution in [0.4, 0.5) is 0 Å². The second kappa shape index (κ2) is 3.73. The number of rotatable bonds is 2. The van der Waals surface area contributed by atoms with Crippen LogP contribution in [0.15, 0.2) is 18.2 Å². The molecule has 0 aliphatic rings. The molecule has 0 bridgehead atoms. The Kier molecular flexibility index (Phi) is 2.41. The first-order valence-corrected chi connectivity index (χ1v) is 4.96. The lowest BCUT2D eigenvalue weighted by atomic mass is 10.2. The minimum atomic E-state index is -0.102. The van der Waals surface area contributed by atoms with E-state index in [-0.39, 0.29) is 5.91 Å². The number of hydrogen-bond acceptors (Lipinski definition) is 2. The number of imidazole rings is 1. The zero-order chi connectivity index (χ0) is 10.8. The normalized spacial score (nSPS) is 10.5. The lowest BCUT2D eigenvalue weighted by molar-refractivity contribution is 0.0964. The summed E-state index contributed by atoms with van der Waals surface area (Å²) in [6, 6.07) is 5.56. The summed E-state index contributed by atoms with van der Waals surface area (Å²) in [4.78, 5) is 19.1. The molecule has 15 heavy (non-hydrogen) atoms. The van der Waals surface area contributed by atoms with Crippen molar-refractivity contribution in [3.63, 3.8) is 0 Å². The third-order valence-electron chi connectivity index (χ3n) is 2.37. The predicted octanol–water partition coefficient (Wildman–Crippen LogP) is 1.48. The molecule has 0 radical (unpaired) electrons. The number of aromatic amines is 1. The molecule has 2 rings (SSSR count). The van der Waals surface area contributed by atoms with Gasteiger partial charge in [-0.2, -0.15) is 0 Å². The van der Waals surface area contributed by atoms with E-state index in [1.165, 1.54) is 0 Å². The number of H-pyrrole nitrogens is 1. The van der Waals surface area contributed by atoms with Gasteiger partial charge in [0, 0.05) is 13.5 Å². The molecule has 0 aliphatic carbocycles. The Bertz CT molecular complexity index is 502. The molecular weight excluding hydrogens is 190 g/mol. The van der Waals surface area contributed by atoms with Crippen LogP contribution in [0, 0.1) is 0 Å². The fraction of sp³-hybridized carbons (Fsp3) is 0.273. The number of benzene rings is 1. The molecule has 4 nitrogen and oxygen atoms in total. The number of fused-ring (bicyclic) bond motifs is 1. The maximum absolute atomic E-state index is 11.6. The van der Waals surface area contributed by atoms with Crippen molar-refractivity contribution in [2.45, 2.75) is 13.3 Å². The molecule has 0 spiro atoms. The first kappa shape index (κ1) is 9.71. The van der Waals surface area contributed by atoms with E-state index < -0.39 is 0 Å². The maximum atomic E-state index is 11.6. The molecule has 1 aromatic carbocycles. The van der Waals surface area contributed by atoms with Gasteiger partial charge in [-0.25, -0.2) is 4.98 Å². The van der Waals surface area contributed by atoms with Crippen molar-refractivity contribution in [3.05, 3.63) is 29.6 Å². The van der Waals surface area contributed by atoms with Gasteiger partial charge >= 0.3 is 0 Å². The molecule has 1 amide bonds. The Morgan fingerprint density at radius 1 is 1.53 bits per heavy atom. The molecule has 0 saturated carbocycles. The van der Waals surface area contributed by atoms with E-state index in [0.29, 0.717) is 5.56 Å². The molecule has 0 atom stereocenters. The largest absolute Gasteiger partial charge is 0.355 e. The van der Waals surface area contributed by atoms with Crippen LogP contribution in [0.1, 0.15) is 23.1 Å². The number of nitrogens with zero attached hydrogens (tertiary/aromatic N) is 1. The van der Waals surface area contributed by atoms with Gasteiger partial charge in [-0.1, -0.05) is 13.0 Å². The van der Waals surface area contributed by atoms with E-state index in [2.05, 4.69) is 15.3 Å². The van der Waals surface area contributed by atoms with E-state index in [4.69, 9.17) is 0 Å². The molecule has 4 heteroatoms. The van der Waals surface area contributed by atoms with Crippen LogP contribution in [0.3, 0.4) is 0 Å². The zero-order valence-electron chi connectivity index (χ0n) is 8.79. The van der Waals surface area contributed by atoms with Crippen LogP contribution in [0.2, 0.25) is 0 Å². The first-order chi connectivity index (χ1) is 7.26. The average Bonchev–Trinajstić information content (AvgIpc) is 2.70. The van der Waals surface area contributed by atoms with Crippen molar-refractivity contribution in [1.29, 1.82) is 0 Å². The van der Waals surface area contributed by atoms with Gasteiger partial charge in [0.1, 0.15) is 11.3 Å². The van der Waals surface area contributed by atoms with E-state index >= 15 is 0 Å². The quantitative estimate of drug-likeness (QED) is 0.776. The Balaban J connectivity index is 2.64. The van der Waals surface area contributed by atoms with Gasteiger partial charge in [0.2, 0.25) is 0 Å². The van der Waals surface area contributed by atoms with Crippen molar-refractivity contribution >= 4 is 16.9 Å². The van der Waals surface area contributed by atoms with Gasteiger partial charge in [-0.05, 0) is 12.1 Å². The molecule has 1 aromatic heterocycles. The Hall–Kier alpha value is -1.84. The first-order valence-electron chi connectivity index (χ1n) is 4.96. The van der Waals surface area contributed by atoms with Crippen LogP contribution in [0.5, 0.6) is 0 Å². The highest BCUT2D eigenvalue weighted by Gasteiger charge is 2.11. The topological polar surface area (TPSA) is 57.8 Å². The number of amides is 1. The number of carbonyl (C=O) groups is 1. The molecular formula is C11H13N3O. The second-order valence-electron chi connectivity index (χ2n) is 3.32. The molecule has 0 unspecified atom stereocenters. The van der Waals surface area contributed by atoms with Crippen molar-refractivity contribution < 1.29 is 4.79 Å². The minimum Gasteiger partial charge on any atom is -0.355 e. The summed E-state index contributed by atoms with van der Waals surface area (Å²) in [5.41, 5.74) is 2.27. The van der Waals surface area contributed by atoms with Crippen LogP contribution >= 0.6 is 0 Å². The molecule has 0 aliphatic heterocycles. The van der Waals surface area contributed by atoms with Gasteiger partial charge in [0.15, 0.2) is 0 Å². The standard InChI is InChI=1S/C11H13N3O/c1-3-9-13-8-6-4-5-7(10(8)14-9)11(15)12-2/h4-6H,3H2,1-2H3,(H,12,15)(H,13,14). The summed E-state index contributed by atoms with van der Waals surface area (Å²) in [7, 11) is 1.62. The summed E-state index contributed by atoms with van der Waals surface area (Å²) in [6.07, 6.45) is 0.835. The Morgan fingerprint density at radius 3 is 3.00 bits per heavy atom. The highest BCUT2D eigenvalue weighted by atomic mass is 16.1. The van der Waals surface area contributed by atoms with Crippen LogP contribution in [-0.4, -0.2) is 22.9 Å². The van der Waals surface area contributed by atoms with E-state index in [0.717, 1.165) is 23.3 Å². The number of carbonyl (C=O) groups excluding carboxylic acids is 1. The number of hydrogen-bond donors (Lipinski definition) is 2. The van der Waals surface area contributed by atoms with E-state index in [9.17, 15) is 4.79 Å². The van der Waals surface area contributed by atoms with Gasteiger partial charge < -0.3 is 10.3 Å². The number of aromatic nitrogens is 2. The Morgan fingerprint density at radius 2 is 2.33 bits per heavy atom. The maximum Gasteiger partial charge on any atom is 0.253 e. The molecule has 2 aromatic rings. The monoisotopic (exact) mass is 203 g/mol. The fourth-order valence-corrected chi connectivity index (χ4v) is 1.57. The average molecular weight is 203 g/mol. The predicted molar refractivity (Wildman–Crippen MR) is 58.9 cm³/mol. The lowest BCUT2D eigenvalue weighted by Crippen LogP contribution is -2.18. The minimum absolute atomic E-state index is 0.102. The highest BCUT2D eigenvalue weighted by Crippen LogP contribution is 2.16. The number of para-hydroxylation sites is 1. The van der Waals surface area contributed by atoms with Crippen LogP contribution in [-0.2, 0) is 6.42 Å². The summed E-state index contributed by atoms with van der Waals surface area (Å²) < 4.78 is 0. The van der Waals surface area contributed by atoms with Crippen molar-refractivity contribution in [2.24, 2.45) is 0 Å².